The highest BCUT2D eigenvalue weighted by Crippen LogP contribution is 2.26. The number of morpholine rings is 1. The molecule has 3 aromatic rings. The molecule has 0 saturated carbocycles. The van der Waals surface area contributed by atoms with Gasteiger partial charge in [0.2, 0.25) is 11.9 Å². The molecule has 2 aromatic carbocycles. The molecule has 2 saturated heterocycles. The van der Waals surface area contributed by atoms with E-state index in [1.54, 1.807) is 18.5 Å². The third-order valence-electron chi connectivity index (χ3n) is 6.79. The Morgan fingerprint density at radius 2 is 1.75 bits per heavy atom. The average Bonchev–Trinajstić information content (AvgIpc) is 3.48. The van der Waals surface area contributed by atoms with Crippen molar-refractivity contribution in [2.24, 2.45) is 0 Å². The number of hydrogen-bond donors (Lipinski definition) is 3. The molecule has 1 aromatic heterocycles. The molecule has 5 rings (SSSR count). The fourth-order valence-corrected chi connectivity index (χ4v) is 5.28. The summed E-state index contributed by atoms with van der Waals surface area (Å²) in [5.41, 5.74) is 3.33. The highest BCUT2D eigenvalue weighted by atomic mass is 32.2. The lowest BCUT2D eigenvalue weighted by atomic mass is 10.2. The molecule has 10 nitrogen and oxygen atoms in total. The van der Waals surface area contributed by atoms with Crippen molar-refractivity contribution in [1.29, 1.82) is 0 Å². The zero-order valence-corrected chi connectivity index (χ0v) is 23.5. The van der Waals surface area contributed by atoms with Gasteiger partial charge in [-0.25, -0.2) is 4.98 Å². The molecule has 0 aliphatic carbocycles. The Hall–Kier alpha value is -3.80. The topological polar surface area (TPSA) is 112 Å². The third-order valence-corrected chi connectivity index (χ3v) is 7.71. The first kappa shape index (κ1) is 27.8. The summed E-state index contributed by atoms with van der Waals surface area (Å²) in [6.45, 7) is 6.19. The molecule has 3 N–H and O–H groups in total. The molecule has 2 aliphatic rings. The van der Waals surface area contributed by atoms with Crippen molar-refractivity contribution >= 4 is 51.2 Å². The molecule has 2 fully saturated rings. The number of hydrogen-bond acceptors (Lipinski definition) is 9. The van der Waals surface area contributed by atoms with Gasteiger partial charge in [-0.3, -0.25) is 13.9 Å². The number of likely N-dealkylation sites (tertiary alicyclic amines) is 1. The minimum absolute atomic E-state index is 0.181. The van der Waals surface area contributed by atoms with Crippen molar-refractivity contribution in [2.45, 2.75) is 17.7 Å². The average molecular weight is 562 g/mol. The van der Waals surface area contributed by atoms with Crippen molar-refractivity contribution < 1.29 is 13.7 Å². The number of carbonyl (C=O) groups is 1. The summed E-state index contributed by atoms with van der Waals surface area (Å²) in [7, 11) is -1.31. The van der Waals surface area contributed by atoms with Crippen LogP contribution < -0.4 is 20.9 Å². The third kappa shape index (κ3) is 7.65. The summed E-state index contributed by atoms with van der Waals surface area (Å²) in [5, 5.41) is 9.38. The Balaban J connectivity index is 1.24. The standard InChI is InChI=1S/C29H35N7O3S/c1-40(38)26-21-30-29(33-22-9-11-25(12-10-22)36-16-18-39-19-17-36)34-28(26)32-24-7-4-6-23(20-24)31-27(37)8-5-15-35-13-2-3-14-35/h4-12,20-21H,2-3,13-19H2,1H3,(H,31,37)(H2,30,32,33,34). The van der Waals surface area contributed by atoms with E-state index in [2.05, 4.69) is 47.9 Å². The minimum atomic E-state index is -1.31. The van der Waals surface area contributed by atoms with Crippen LogP contribution >= 0.6 is 0 Å². The first-order valence-corrected chi connectivity index (χ1v) is 15.1. The van der Waals surface area contributed by atoms with E-state index in [9.17, 15) is 9.00 Å². The van der Waals surface area contributed by atoms with E-state index in [0.717, 1.165) is 57.3 Å². The van der Waals surface area contributed by atoms with Crippen LogP contribution in [0.15, 0.2) is 71.8 Å². The molecule has 0 spiro atoms. The lowest BCUT2D eigenvalue weighted by Crippen LogP contribution is -2.36. The summed E-state index contributed by atoms with van der Waals surface area (Å²) in [5.74, 6) is 0.625. The summed E-state index contributed by atoms with van der Waals surface area (Å²) in [6.07, 6.45) is 9.07. The molecule has 0 radical (unpaired) electrons. The summed E-state index contributed by atoms with van der Waals surface area (Å²) in [4.78, 5) is 26.5. The van der Waals surface area contributed by atoms with Crippen molar-refractivity contribution in [3.63, 3.8) is 0 Å². The van der Waals surface area contributed by atoms with E-state index in [-0.39, 0.29) is 5.91 Å². The Labute approximate surface area is 237 Å². The van der Waals surface area contributed by atoms with Crippen molar-refractivity contribution in [3.05, 3.63) is 66.9 Å². The van der Waals surface area contributed by atoms with E-state index in [1.165, 1.54) is 12.8 Å². The van der Waals surface area contributed by atoms with Crippen LogP contribution in [0.5, 0.6) is 0 Å². The summed E-state index contributed by atoms with van der Waals surface area (Å²) >= 11 is 0. The van der Waals surface area contributed by atoms with Crippen LogP contribution in [0.2, 0.25) is 0 Å². The molecule has 0 bridgehead atoms. The summed E-state index contributed by atoms with van der Waals surface area (Å²) < 4.78 is 17.8. The molecule has 3 heterocycles. The van der Waals surface area contributed by atoms with Crippen LogP contribution in [-0.2, 0) is 20.3 Å². The van der Waals surface area contributed by atoms with Gasteiger partial charge >= 0.3 is 0 Å². The van der Waals surface area contributed by atoms with Gasteiger partial charge in [0, 0.05) is 54.7 Å². The van der Waals surface area contributed by atoms with Crippen LogP contribution in [-0.4, -0.2) is 77.2 Å². The lowest BCUT2D eigenvalue weighted by Gasteiger charge is -2.28. The van der Waals surface area contributed by atoms with Crippen molar-refractivity contribution in [1.82, 2.24) is 14.9 Å². The van der Waals surface area contributed by atoms with E-state index in [0.29, 0.717) is 28.0 Å². The first-order valence-electron chi connectivity index (χ1n) is 13.5. The van der Waals surface area contributed by atoms with E-state index in [4.69, 9.17) is 4.74 Å². The number of anilines is 6. The van der Waals surface area contributed by atoms with E-state index < -0.39 is 10.8 Å². The number of nitrogens with zero attached hydrogens (tertiary/aromatic N) is 4. The van der Waals surface area contributed by atoms with Crippen LogP contribution in [0.4, 0.5) is 34.5 Å². The number of benzene rings is 2. The molecular formula is C29H35N7O3S. The fraction of sp³-hybridized carbons (Fsp3) is 0.345. The largest absolute Gasteiger partial charge is 0.378 e. The Morgan fingerprint density at radius 3 is 2.50 bits per heavy atom. The zero-order valence-electron chi connectivity index (χ0n) is 22.6. The molecule has 2 aliphatic heterocycles. The van der Waals surface area contributed by atoms with Gasteiger partial charge in [-0.2, -0.15) is 4.98 Å². The van der Waals surface area contributed by atoms with E-state index >= 15 is 0 Å². The molecule has 210 valence electrons. The second-order valence-electron chi connectivity index (χ2n) is 9.74. The predicted octanol–water partition coefficient (Wildman–Crippen LogP) is 4.13. The molecule has 1 unspecified atom stereocenters. The van der Waals surface area contributed by atoms with Gasteiger partial charge in [0.15, 0.2) is 5.82 Å². The van der Waals surface area contributed by atoms with Gasteiger partial charge in [0.05, 0.1) is 35.1 Å². The van der Waals surface area contributed by atoms with Gasteiger partial charge < -0.3 is 25.6 Å². The maximum atomic E-state index is 12.4. The molecule has 11 heteroatoms. The SMILES string of the molecule is CS(=O)c1cnc(Nc2ccc(N3CCOCC3)cc2)nc1Nc1cccc(NC(=O)C=CCN2CCCC2)c1. The lowest BCUT2D eigenvalue weighted by molar-refractivity contribution is -0.111. The summed E-state index contributed by atoms with van der Waals surface area (Å²) in [6, 6.07) is 15.4. The van der Waals surface area contributed by atoms with Crippen LogP contribution in [0.3, 0.4) is 0 Å². The number of rotatable bonds is 10. The normalized spacial score (nSPS) is 16.7. The number of aromatic nitrogens is 2. The highest BCUT2D eigenvalue weighted by Gasteiger charge is 2.14. The maximum absolute atomic E-state index is 12.4. The second kappa shape index (κ2) is 13.5. The number of ether oxygens (including phenoxy) is 1. The maximum Gasteiger partial charge on any atom is 0.248 e. The number of amides is 1. The van der Waals surface area contributed by atoms with Crippen LogP contribution in [0, 0.1) is 0 Å². The highest BCUT2D eigenvalue weighted by molar-refractivity contribution is 7.84. The minimum Gasteiger partial charge on any atom is -0.378 e. The Morgan fingerprint density at radius 1 is 1.00 bits per heavy atom. The van der Waals surface area contributed by atoms with Crippen molar-refractivity contribution in [2.75, 3.05) is 73.0 Å². The van der Waals surface area contributed by atoms with Gasteiger partial charge in [-0.15, -0.1) is 0 Å². The molecule has 1 atom stereocenters. The second-order valence-corrected chi connectivity index (χ2v) is 11.1. The van der Waals surface area contributed by atoms with E-state index in [1.807, 2.05) is 42.5 Å². The number of nitrogens with one attached hydrogen (secondary N) is 3. The van der Waals surface area contributed by atoms with Gasteiger partial charge in [-0.05, 0) is 68.4 Å². The zero-order chi connectivity index (χ0) is 27.7. The number of carbonyl (C=O) groups excluding carboxylic acids is 1. The molecular weight excluding hydrogens is 526 g/mol. The Kier molecular flexibility index (Phi) is 9.38. The Bertz CT molecular complexity index is 1350. The van der Waals surface area contributed by atoms with Crippen LogP contribution in [0.25, 0.3) is 0 Å². The monoisotopic (exact) mass is 561 g/mol. The smallest absolute Gasteiger partial charge is 0.248 e. The quantitative estimate of drug-likeness (QED) is 0.315. The van der Waals surface area contributed by atoms with Gasteiger partial charge in [0.25, 0.3) is 0 Å². The van der Waals surface area contributed by atoms with Crippen molar-refractivity contribution in [3.8, 4) is 0 Å². The fourth-order valence-electron chi connectivity index (χ4n) is 4.71. The first-order chi connectivity index (χ1) is 19.5. The van der Waals surface area contributed by atoms with Gasteiger partial charge in [-0.1, -0.05) is 12.1 Å². The van der Waals surface area contributed by atoms with Gasteiger partial charge in [0.1, 0.15) is 0 Å². The van der Waals surface area contributed by atoms with Crippen LogP contribution in [0.1, 0.15) is 12.8 Å². The molecule has 40 heavy (non-hydrogen) atoms. The predicted molar refractivity (Wildman–Crippen MR) is 160 cm³/mol. The molecule has 1 amide bonds.